The van der Waals surface area contributed by atoms with Gasteiger partial charge in [0.2, 0.25) is 0 Å². The van der Waals surface area contributed by atoms with Crippen LogP contribution in [0.3, 0.4) is 0 Å². The maximum absolute atomic E-state index is 14.7. The lowest BCUT2D eigenvalue weighted by atomic mass is 9.76. The van der Waals surface area contributed by atoms with E-state index in [1.54, 1.807) is 60.7 Å². The highest BCUT2D eigenvalue weighted by atomic mass is 79.9. The Morgan fingerprint density at radius 2 is 0.841 bits per heavy atom. The molecule has 0 spiro atoms. The van der Waals surface area contributed by atoms with Crippen LogP contribution in [0.15, 0.2) is 91.0 Å². The zero-order valence-corrected chi connectivity index (χ0v) is 40.9. The van der Waals surface area contributed by atoms with Crippen LogP contribution in [0.25, 0.3) is 44.2 Å². The molecule has 3 nitrogen and oxygen atoms in total. The SMILES string of the molecule is COc1c(C(C)(C)C)cc2c(c1-c1cc(C(F)(F)F)cc(C(F)(F)F)c1)C[N+](C)([C@@H](C)c1cccc3ccccc13)Cc1c-2cc(C(C)(C)C)c(OC)c1-c1cc(C(F)(F)F)cc(C(F)(F)F)c1.[Br-]. The predicted octanol–water partition coefficient (Wildman–Crippen LogP) is 13.8. The number of fused-ring (bicyclic) bond motifs is 4. The zero-order valence-electron chi connectivity index (χ0n) is 39.3. The molecular formula is C53H50BrF12NO2. The van der Waals surface area contributed by atoms with Crippen molar-refractivity contribution in [2.75, 3.05) is 21.3 Å². The Morgan fingerprint density at radius 3 is 1.17 bits per heavy atom. The summed E-state index contributed by atoms with van der Waals surface area (Å²) < 4.78 is 189. The van der Waals surface area contributed by atoms with Crippen LogP contribution in [0.5, 0.6) is 11.5 Å². The van der Waals surface area contributed by atoms with Crippen molar-refractivity contribution in [3.05, 3.63) is 141 Å². The van der Waals surface area contributed by atoms with E-state index in [0.717, 1.165) is 16.3 Å². The minimum Gasteiger partial charge on any atom is -1.00 e. The van der Waals surface area contributed by atoms with Crippen LogP contribution in [0, 0.1) is 0 Å². The van der Waals surface area contributed by atoms with Crippen molar-refractivity contribution in [1.29, 1.82) is 0 Å². The molecule has 16 heteroatoms. The summed E-state index contributed by atoms with van der Waals surface area (Å²) >= 11 is 0. The Labute approximate surface area is 403 Å². The molecule has 370 valence electrons. The van der Waals surface area contributed by atoms with Crippen molar-refractivity contribution in [1.82, 2.24) is 0 Å². The van der Waals surface area contributed by atoms with Gasteiger partial charge in [-0.05, 0) is 99.3 Å². The molecule has 69 heavy (non-hydrogen) atoms. The summed E-state index contributed by atoms with van der Waals surface area (Å²) in [5.41, 5.74) is -6.65. The second-order valence-electron chi connectivity index (χ2n) is 19.8. The summed E-state index contributed by atoms with van der Waals surface area (Å²) in [5, 5.41) is 1.66. The lowest BCUT2D eigenvalue weighted by Gasteiger charge is -2.41. The summed E-state index contributed by atoms with van der Waals surface area (Å²) in [6, 6.07) is 18.6. The highest BCUT2D eigenvalue weighted by molar-refractivity contribution is 5.92. The first kappa shape index (κ1) is 53.1. The third-order valence-corrected chi connectivity index (χ3v) is 13.1. The fourth-order valence-electron chi connectivity index (χ4n) is 9.57. The third-order valence-electron chi connectivity index (χ3n) is 13.1. The van der Waals surface area contributed by atoms with Crippen LogP contribution >= 0.6 is 0 Å². The molecule has 6 aromatic carbocycles. The van der Waals surface area contributed by atoms with Gasteiger partial charge >= 0.3 is 24.7 Å². The van der Waals surface area contributed by atoms with Crippen LogP contribution in [0.4, 0.5) is 52.7 Å². The second kappa shape index (κ2) is 17.9. The van der Waals surface area contributed by atoms with Crippen LogP contribution in [-0.2, 0) is 48.6 Å². The quantitative estimate of drug-likeness (QED) is 0.122. The molecule has 7 rings (SSSR count). The van der Waals surface area contributed by atoms with E-state index in [-0.39, 0.29) is 91.6 Å². The molecule has 0 fully saturated rings. The maximum Gasteiger partial charge on any atom is 0.416 e. The van der Waals surface area contributed by atoms with Gasteiger partial charge in [-0.3, -0.25) is 0 Å². The van der Waals surface area contributed by atoms with Gasteiger partial charge in [-0.1, -0.05) is 84.0 Å². The van der Waals surface area contributed by atoms with Crippen molar-refractivity contribution in [3.8, 4) is 44.9 Å². The Balaban J connectivity index is 0.00000782. The third kappa shape index (κ3) is 10.1. The van der Waals surface area contributed by atoms with Gasteiger partial charge in [0.05, 0.1) is 43.5 Å². The largest absolute Gasteiger partial charge is 1.00 e. The van der Waals surface area contributed by atoms with Gasteiger partial charge in [0.1, 0.15) is 30.6 Å². The zero-order chi connectivity index (χ0) is 50.5. The van der Waals surface area contributed by atoms with E-state index >= 15 is 0 Å². The second-order valence-corrected chi connectivity index (χ2v) is 19.8. The van der Waals surface area contributed by atoms with Gasteiger partial charge in [-0.2, -0.15) is 52.7 Å². The van der Waals surface area contributed by atoms with Gasteiger partial charge in [0, 0.05) is 38.9 Å². The van der Waals surface area contributed by atoms with Crippen molar-refractivity contribution in [2.45, 2.75) is 103 Å². The van der Waals surface area contributed by atoms with E-state index in [2.05, 4.69) is 0 Å². The van der Waals surface area contributed by atoms with Crippen LogP contribution in [0.1, 0.15) is 105 Å². The number of benzene rings is 6. The fourth-order valence-corrected chi connectivity index (χ4v) is 9.57. The normalized spacial score (nSPS) is 14.9. The van der Waals surface area contributed by atoms with Crippen molar-refractivity contribution >= 4 is 10.8 Å². The Bertz CT molecular complexity index is 2710. The number of nitrogens with zero attached hydrogens (tertiary/aromatic N) is 1. The molecular weight excluding hydrogens is 990 g/mol. The molecule has 1 aliphatic heterocycles. The van der Waals surface area contributed by atoms with Crippen LogP contribution < -0.4 is 26.5 Å². The summed E-state index contributed by atoms with van der Waals surface area (Å²) in [5.74, 6) is -0.0111. The fraction of sp³-hybridized carbons (Fsp3) is 0.358. The highest BCUT2D eigenvalue weighted by Crippen LogP contribution is 2.56. The minimum absolute atomic E-state index is 0. The average molecular weight is 1040 g/mol. The molecule has 1 heterocycles. The highest BCUT2D eigenvalue weighted by Gasteiger charge is 2.45. The molecule has 0 aromatic heterocycles. The number of quaternary nitrogens is 1. The summed E-state index contributed by atoms with van der Waals surface area (Å²) in [7, 11) is 4.33. The van der Waals surface area contributed by atoms with Gasteiger partial charge < -0.3 is 30.9 Å². The first-order valence-corrected chi connectivity index (χ1v) is 21.6. The van der Waals surface area contributed by atoms with E-state index in [4.69, 9.17) is 9.47 Å². The van der Waals surface area contributed by atoms with Gasteiger partial charge in [0.15, 0.2) is 0 Å². The number of methoxy groups -OCH3 is 2. The monoisotopic (exact) mass is 1040 g/mol. The molecule has 0 bridgehead atoms. The summed E-state index contributed by atoms with van der Waals surface area (Å²) in [6.07, 6.45) is -20.9. The molecule has 0 saturated carbocycles. The summed E-state index contributed by atoms with van der Waals surface area (Å²) in [6.45, 7) is 12.3. The molecule has 1 atom stereocenters. The van der Waals surface area contributed by atoms with E-state index in [0.29, 0.717) is 35.4 Å². The Morgan fingerprint density at radius 1 is 0.493 bits per heavy atom. The summed E-state index contributed by atoms with van der Waals surface area (Å²) in [4.78, 5) is 0. The smallest absolute Gasteiger partial charge is 0.416 e. The lowest BCUT2D eigenvalue weighted by Crippen LogP contribution is -3.00. The van der Waals surface area contributed by atoms with E-state index in [1.165, 1.54) is 14.2 Å². The van der Waals surface area contributed by atoms with Crippen molar-refractivity contribution < 1.29 is 83.6 Å². The van der Waals surface area contributed by atoms with Crippen LogP contribution in [0.2, 0.25) is 0 Å². The Kier molecular flexibility index (Phi) is 13.8. The number of halogens is 13. The number of ether oxygens (including phenoxy) is 2. The number of rotatable bonds is 6. The van der Waals surface area contributed by atoms with Crippen LogP contribution in [-0.4, -0.2) is 25.8 Å². The standard InChI is InChI=1S/C53H50F12NO2.BrH/c1-28(36-17-13-15-29-14-11-12-16-37(29)36)66(8)26-40-38(24-42(48(2,3)4)46(67-9)44(40)30-18-32(50(54,55)56)22-33(19-30)51(57,58)59)39-25-43(49(5,6)7)47(68-10)45(41(39)27-66)31-20-34(52(60,61)62)23-35(21-31)53(63,64)65;/h11-25,28H,26-27H2,1-10H3;1H/q+1;/p-1/t28-;/m0./s1. The van der Waals surface area contributed by atoms with Gasteiger partial charge in [0.25, 0.3) is 0 Å². The molecule has 0 N–H and O–H groups in total. The molecule has 0 radical (unpaired) electrons. The number of alkyl halides is 12. The van der Waals surface area contributed by atoms with Crippen molar-refractivity contribution in [3.63, 3.8) is 0 Å². The maximum atomic E-state index is 14.7. The molecule has 0 amide bonds. The van der Waals surface area contributed by atoms with E-state index < -0.39 is 75.0 Å². The predicted molar refractivity (Wildman–Crippen MR) is 239 cm³/mol. The van der Waals surface area contributed by atoms with Gasteiger partial charge in [-0.15, -0.1) is 0 Å². The first-order valence-electron chi connectivity index (χ1n) is 21.6. The molecule has 0 aliphatic carbocycles. The number of hydrogen-bond acceptors (Lipinski definition) is 2. The van der Waals surface area contributed by atoms with Gasteiger partial charge in [-0.25, -0.2) is 0 Å². The topological polar surface area (TPSA) is 18.5 Å². The Hall–Kier alpha value is -5.22. The molecule has 0 unspecified atom stereocenters. The number of hydrogen-bond donors (Lipinski definition) is 0. The first-order chi connectivity index (χ1) is 31.2. The average Bonchev–Trinajstić information content (AvgIpc) is 3.35. The van der Waals surface area contributed by atoms with E-state index in [1.807, 2.05) is 49.4 Å². The molecule has 0 saturated heterocycles. The molecule has 6 aromatic rings. The van der Waals surface area contributed by atoms with Crippen molar-refractivity contribution in [2.24, 2.45) is 0 Å². The molecule has 1 aliphatic rings. The lowest BCUT2D eigenvalue weighted by molar-refractivity contribution is -0.962. The van der Waals surface area contributed by atoms with E-state index in [9.17, 15) is 52.7 Å². The minimum atomic E-state index is -5.23.